The molecule has 173 valence electrons. The minimum atomic E-state index is 0. The van der Waals surface area contributed by atoms with Crippen LogP contribution in [0.2, 0.25) is 6.55 Å². The van der Waals surface area contributed by atoms with Gasteiger partial charge in [0, 0.05) is 10.2 Å². The molecule has 0 saturated carbocycles. The van der Waals surface area contributed by atoms with E-state index in [-0.39, 0.29) is 51.0 Å². The van der Waals surface area contributed by atoms with Gasteiger partial charge in [-0.1, -0.05) is 101 Å². The molecule has 0 aromatic heterocycles. The Morgan fingerprint density at radius 2 is 1.50 bits per heavy atom. The first kappa shape index (κ1) is 36.2. The Kier molecular flexibility index (Phi) is 25.3. The van der Waals surface area contributed by atoms with Crippen molar-refractivity contribution in [3.05, 3.63) is 83.5 Å². The van der Waals surface area contributed by atoms with Crippen molar-refractivity contribution in [3.8, 4) is 11.1 Å². The van der Waals surface area contributed by atoms with Gasteiger partial charge in [-0.05, 0) is 6.42 Å². The van der Waals surface area contributed by atoms with Gasteiger partial charge in [0.2, 0.25) is 0 Å². The molecule has 0 amide bonds. The van der Waals surface area contributed by atoms with E-state index < -0.39 is 0 Å². The minimum Gasteiger partial charge on any atom is -1.00 e. The van der Waals surface area contributed by atoms with Crippen molar-refractivity contribution < 1.29 is 51.0 Å². The first-order valence-corrected chi connectivity index (χ1v) is 12.6. The average Bonchev–Trinajstić information content (AvgIpc) is 3.43. The second-order valence-corrected chi connectivity index (χ2v) is 7.51. The molecule has 0 saturated heterocycles. The summed E-state index contributed by atoms with van der Waals surface area (Å²) in [5.74, 6) is 0.685. The molecular weight excluding hydrogens is 527 g/mol. The van der Waals surface area contributed by atoms with E-state index in [0.29, 0.717) is 5.92 Å². The van der Waals surface area contributed by atoms with Crippen LogP contribution in [-0.2, 0) is 32.6 Å². The van der Waals surface area contributed by atoms with Crippen LogP contribution in [0.1, 0.15) is 70.9 Å². The molecule has 4 rings (SSSR count). The van der Waals surface area contributed by atoms with E-state index in [4.69, 9.17) is 0 Å². The van der Waals surface area contributed by atoms with Crippen LogP contribution in [0.4, 0.5) is 0 Å². The maximum absolute atomic E-state index is 3.30. The molecule has 0 fully saturated rings. The Bertz CT molecular complexity index is 722. The van der Waals surface area contributed by atoms with Crippen LogP contribution in [-0.4, -0.2) is 10.2 Å². The SMILES string of the molecule is CC(C)C1=CC[C-]=C1.CCCCCC.C[SiH2].[Cl-].[Cl-].[Zr+4].[c-]1cccc2c1Cc1ccccc1-2. The smallest absolute Gasteiger partial charge is 1.00 e. The number of rotatable bonds is 4. The number of allylic oxidation sites excluding steroid dienone is 4. The molecule has 2 aromatic rings. The van der Waals surface area contributed by atoms with Crippen LogP contribution in [0.5, 0.6) is 0 Å². The van der Waals surface area contributed by atoms with Crippen molar-refractivity contribution in [2.24, 2.45) is 5.92 Å². The topological polar surface area (TPSA) is 0 Å². The molecule has 0 heterocycles. The predicted molar refractivity (Wildman–Crippen MR) is 133 cm³/mol. The second-order valence-electron chi connectivity index (χ2n) is 7.51. The molecule has 0 unspecified atom stereocenters. The molecule has 32 heavy (non-hydrogen) atoms. The zero-order chi connectivity index (χ0) is 21.5. The van der Waals surface area contributed by atoms with Crippen molar-refractivity contribution >= 4 is 10.2 Å². The fourth-order valence-electron chi connectivity index (χ4n) is 3.31. The van der Waals surface area contributed by atoms with Crippen LogP contribution in [0.25, 0.3) is 11.1 Å². The molecular formula is C28H39Cl2SiZr. The zero-order valence-electron chi connectivity index (χ0n) is 20.5. The van der Waals surface area contributed by atoms with E-state index in [1.54, 1.807) is 0 Å². The van der Waals surface area contributed by atoms with Gasteiger partial charge in [-0.25, -0.2) is 6.08 Å². The summed E-state index contributed by atoms with van der Waals surface area (Å²) in [4.78, 5) is 0. The second kappa shape index (κ2) is 22.4. The third-order valence-corrected chi connectivity index (χ3v) is 4.96. The number of hydrogen-bond acceptors (Lipinski definition) is 0. The molecule has 4 heteroatoms. The molecule has 0 aliphatic heterocycles. The van der Waals surface area contributed by atoms with Crippen LogP contribution in [0.3, 0.4) is 0 Å². The van der Waals surface area contributed by atoms with E-state index in [1.807, 2.05) is 22.9 Å². The summed E-state index contributed by atoms with van der Waals surface area (Å²) in [6.07, 6.45) is 15.1. The van der Waals surface area contributed by atoms with Crippen molar-refractivity contribution in [3.63, 3.8) is 0 Å². The summed E-state index contributed by atoms with van der Waals surface area (Å²) >= 11 is 0. The third kappa shape index (κ3) is 12.7. The summed E-state index contributed by atoms with van der Waals surface area (Å²) in [6, 6.07) is 18.1. The van der Waals surface area contributed by atoms with Gasteiger partial charge in [0.05, 0.1) is 0 Å². The molecule has 0 N–H and O–H groups in total. The predicted octanol–water partition coefficient (Wildman–Crippen LogP) is 1.65. The monoisotopic (exact) mass is 563 g/mol. The quantitative estimate of drug-likeness (QED) is 0.257. The van der Waals surface area contributed by atoms with Crippen LogP contribution >= 0.6 is 0 Å². The number of halogens is 2. The van der Waals surface area contributed by atoms with E-state index >= 15 is 0 Å². The van der Waals surface area contributed by atoms with Crippen molar-refractivity contribution in [2.45, 2.75) is 72.8 Å². The summed E-state index contributed by atoms with van der Waals surface area (Å²) in [6.45, 7) is 10.9. The number of unbranched alkanes of at least 4 members (excludes halogenated alkanes) is 3. The zero-order valence-corrected chi connectivity index (χ0v) is 25.9. The van der Waals surface area contributed by atoms with Gasteiger partial charge in [-0.15, -0.1) is 12.0 Å². The minimum absolute atomic E-state index is 0. The van der Waals surface area contributed by atoms with Gasteiger partial charge < -0.3 is 24.8 Å². The van der Waals surface area contributed by atoms with Gasteiger partial charge in [-0.2, -0.15) is 41.5 Å². The van der Waals surface area contributed by atoms with E-state index in [1.165, 1.54) is 53.5 Å². The Hall–Kier alpha value is -0.400. The van der Waals surface area contributed by atoms with Gasteiger partial charge in [-0.3, -0.25) is 6.08 Å². The Labute approximate surface area is 233 Å². The number of hydrogen-bond donors (Lipinski definition) is 0. The molecule has 1 radical (unpaired) electrons. The largest absolute Gasteiger partial charge is 4.00 e. The van der Waals surface area contributed by atoms with Gasteiger partial charge in [0.25, 0.3) is 0 Å². The maximum atomic E-state index is 3.30. The van der Waals surface area contributed by atoms with Crippen LogP contribution < -0.4 is 24.8 Å². The Morgan fingerprint density at radius 3 is 2.00 bits per heavy atom. The summed E-state index contributed by atoms with van der Waals surface area (Å²) in [7, 11) is 1.86. The Balaban J connectivity index is -0.000000391. The average molecular weight is 566 g/mol. The van der Waals surface area contributed by atoms with Gasteiger partial charge in [0.15, 0.2) is 0 Å². The van der Waals surface area contributed by atoms with E-state index in [9.17, 15) is 0 Å². The molecule has 0 spiro atoms. The van der Waals surface area contributed by atoms with E-state index in [0.717, 1.165) is 12.8 Å². The Morgan fingerprint density at radius 1 is 0.906 bits per heavy atom. The normalized spacial score (nSPS) is 11.3. The molecule has 2 aromatic carbocycles. The first-order valence-electron chi connectivity index (χ1n) is 11.2. The van der Waals surface area contributed by atoms with Crippen molar-refractivity contribution in [2.75, 3.05) is 0 Å². The maximum Gasteiger partial charge on any atom is 4.00 e. The first-order chi connectivity index (χ1) is 14.2. The molecule has 0 atom stereocenters. The summed E-state index contributed by atoms with van der Waals surface area (Å²) in [5, 5.41) is 0. The fraction of sp³-hybridized carbons (Fsp3) is 0.429. The van der Waals surface area contributed by atoms with Crippen LogP contribution in [0.15, 0.2) is 60.2 Å². The van der Waals surface area contributed by atoms with Crippen LogP contribution in [0, 0.1) is 18.1 Å². The van der Waals surface area contributed by atoms with Gasteiger partial charge in [0.1, 0.15) is 0 Å². The molecule has 2 aliphatic rings. The fourth-order valence-corrected chi connectivity index (χ4v) is 3.31. The van der Waals surface area contributed by atoms with Crippen molar-refractivity contribution in [1.82, 2.24) is 0 Å². The third-order valence-electron chi connectivity index (χ3n) is 4.96. The molecule has 0 nitrogen and oxygen atoms in total. The summed E-state index contributed by atoms with van der Waals surface area (Å²) < 4.78 is 0. The summed E-state index contributed by atoms with van der Waals surface area (Å²) in [5.41, 5.74) is 6.95. The molecule has 2 aliphatic carbocycles. The number of benzene rings is 2. The van der Waals surface area contributed by atoms with Crippen molar-refractivity contribution in [1.29, 1.82) is 0 Å². The molecule has 0 bridgehead atoms. The van der Waals surface area contributed by atoms with Gasteiger partial charge >= 0.3 is 26.2 Å². The standard InChI is InChI=1S/C13H9.C8H11.C6H14.CH5Si.2ClH.Zr/c1-3-7-12-10(5-1)9-11-6-2-4-8-13(11)12;1-7(2)8-5-3-4-6-8;1-3-5-6-4-2;1-2;;;/h1-5,7-8H,9H2;5-7H,3H2,1-2H3;3-6H2,1-2H3;2H2,1H3;2*1H;/q2*-1;;;;;+4/p-2. The van der Waals surface area contributed by atoms with E-state index in [2.05, 4.69) is 88.4 Å². The number of fused-ring (bicyclic) bond motifs is 3.